The summed E-state index contributed by atoms with van der Waals surface area (Å²) in [6, 6.07) is 34.7. The van der Waals surface area contributed by atoms with Gasteiger partial charge in [-0.15, -0.1) is 0 Å². The highest BCUT2D eigenvalue weighted by Gasteiger charge is 2.33. The van der Waals surface area contributed by atoms with Crippen molar-refractivity contribution in [3.05, 3.63) is 167 Å². The zero-order chi connectivity index (χ0) is 31.3. The number of aromatic nitrogens is 3. The van der Waals surface area contributed by atoms with E-state index in [4.69, 9.17) is 15.0 Å². The molecule has 0 amide bonds. The molecule has 3 heteroatoms. The number of hydrogen-bond acceptors (Lipinski definition) is 3. The van der Waals surface area contributed by atoms with Gasteiger partial charge in [-0.2, -0.15) is 0 Å². The van der Waals surface area contributed by atoms with Gasteiger partial charge in [-0.3, -0.25) is 0 Å². The molecular weight excluding hydrogens is 571 g/mol. The van der Waals surface area contributed by atoms with Gasteiger partial charge in [0.15, 0.2) is 17.5 Å². The van der Waals surface area contributed by atoms with Crippen LogP contribution in [0.15, 0.2) is 139 Å². The largest absolute Gasteiger partial charge is 0.208 e. The lowest BCUT2D eigenvalue weighted by Crippen LogP contribution is -2.14. The van der Waals surface area contributed by atoms with Crippen LogP contribution in [-0.2, 0) is 0 Å². The summed E-state index contributed by atoms with van der Waals surface area (Å²) in [6.45, 7) is 2.32. The minimum absolute atomic E-state index is 0.333. The van der Waals surface area contributed by atoms with Crippen LogP contribution >= 0.6 is 0 Å². The predicted molar refractivity (Wildman–Crippen MR) is 193 cm³/mol. The van der Waals surface area contributed by atoms with Crippen LogP contribution in [0.5, 0.6) is 0 Å². The molecule has 5 aromatic rings. The lowest BCUT2D eigenvalue weighted by atomic mass is 9.74. The van der Waals surface area contributed by atoms with Gasteiger partial charge in [0.05, 0.1) is 0 Å². The molecule has 0 saturated carbocycles. The average Bonchev–Trinajstić information content (AvgIpc) is 3.47. The van der Waals surface area contributed by atoms with Gasteiger partial charge in [0.25, 0.3) is 0 Å². The molecule has 47 heavy (non-hydrogen) atoms. The Bertz CT molecular complexity index is 2200. The van der Waals surface area contributed by atoms with Gasteiger partial charge >= 0.3 is 0 Å². The number of hydrogen-bond donors (Lipinski definition) is 0. The number of rotatable bonds is 5. The topological polar surface area (TPSA) is 38.7 Å². The molecule has 1 heterocycles. The molecule has 1 aromatic heterocycles. The molecule has 4 aliphatic rings. The third kappa shape index (κ3) is 4.94. The van der Waals surface area contributed by atoms with Gasteiger partial charge in [-0.25, -0.2) is 15.0 Å². The Morgan fingerprint density at radius 1 is 0.596 bits per heavy atom. The summed E-state index contributed by atoms with van der Waals surface area (Å²) >= 11 is 0. The van der Waals surface area contributed by atoms with Crippen LogP contribution in [0, 0.1) is 5.92 Å². The molecule has 4 aromatic carbocycles. The van der Waals surface area contributed by atoms with Crippen molar-refractivity contribution in [3.63, 3.8) is 0 Å². The Morgan fingerprint density at radius 2 is 1.30 bits per heavy atom. The molecule has 0 bridgehead atoms. The van der Waals surface area contributed by atoms with E-state index >= 15 is 0 Å². The standard InChI is InChI=1S/C44H35N3/c1-28-25-33(35-23-24-40-37-16-9-8-15-36(37)39-18-10-17-38(35)41(39)40)27-34(26-28)44-46-42(31-13-6-3-7-14-31)45-43(47-44)32-21-19-30(20-22-32)29-11-4-2-5-12-29/h3-4,6-22,24,26-28,35H,2,5,23,25H2,1H3. The maximum atomic E-state index is 5.14. The molecular formula is C44H35N3. The summed E-state index contributed by atoms with van der Waals surface area (Å²) in [5.41, 5.74) is 15.4. The van der Waals surface area contributed by atoms with E-state index in [2.05, 4.69) is 122 Å². The highest BCUT2D eigenvalue weighted by Crippen LogP contribution is 2.53. The van der Waals surface area contributed by atoms with E-state index in [1.54, 1.807) is 0 Å². The van der Waals surface area contributed by atoms with Crippen LogP contribution < -0.4 is 0 Å². The highest BCUT2D eigenvalue weighted by molar-refractivity contribution is 6.03. The van der Waals surface area contributed by atoms with E-state index in [0.717, 1.165) is 48.2 Å². The fourth-order valence-electron chi connectivity index (χ4n) is 7.81. The molecule has 3 nitrogen and oxygen atoms in total. The smallest absolute Gasteiger partial charge is 0.164 e. The summed E-state index contributed by atoms with van der Waals surface area (Å²) in [7, 11) is 0. The number of nitrogens with zero attached hydrogens (tertiary/aromatic N) is 3. The first-order valence-electron chi connectivity index (χ1n) is 16.8. The Labute approximate surface area is 276 Å². The molecule has 0 aliphatic heterocycles. The predicted octanol–water partition coefficient (Wildman–Crippen LogP) is 10.9. The normalized spacial score (nSPS) is 19.3. The van der Waals surface area contributed by atoms with Crippen LogP contribution in [0.1, 0.15) is 66.6 Å². The Balaban J connectivity index is 1.12. The van der Waals surface area contributed by atoms with E-state index in [1.165, 1.54) is 50.1 Å². The first-order chi connectivity index (χ1) is 23.2. The van der Waals surface area contributed by atoms with Crippen molar-refractivity contribution < 1.29 is 0 Å². The maximum absolute atomic E-state index is 5.14. The second-order valence-corrected chi connectivity index (χ2v) is 13.1. The molecule has 9 rings (SSSR count). The third-order valence-electron chi connectivity index (χ3n) is 10.0. The Hall–Kier alpha value is -5.41. The van der Waals surface area contributed by atoms with Gasteiger partial charge < -0.3 is 0 Å². The Morgan fingerprint density at radius 3 is 2.09 bits per heavy atom. The third-order valence-corrected chi connectivity index (χ3v) is 10.0. The van der Waals surface area contributed by atoms with Crippen molar-refractivity contribution in [2.24, 2.45) is 5.92 Å². The van der Waals surface area contributed by atoms with Crippen molar-refractivity contribution >= 4 is 16.7 Å². The summed E-state index contributed by atoms with van der Waals surface area (Å²) < 4.78 is 0. The fraction of sp³-hybridized carbons (Fsp3) is 0.159. The van der Waals surface area contributed by atoms with Gasteiger partial charge in [-0.1, -0.05) is 146 Å². The van der Waals surface area contributed by atoms with Gasteiger partial charge in [0.1, 0.15) is 0 Å². The van der Waals surface area contributed by atoms with E-state index in [-0.39, 0.29) is 0 Å². The molecule has 0 fully saturated rings. The molecule has 2 unspecified atom stereocenters. The molecule has 2 atom stereocenters. The number of allylic oxidation sites excluding steroid dienone is 9. The maximum Gasteiger partial charge on any atom is 0.164 e. The number of benzene rings is 4. The SMILES string of the molecule is CC1C=C(c2nc(-c3ccccc3)nc(-c3ccc(C4=CCCC=C4)cc3)n2)C=C(C2CC=C3c4ccccc4-c4cccc2c43)C1. The summed E-state index contributed by atoms with van der Waals surface area (Å²) in [6.07, 6.45) is 18.2. The zero-order valence-electron chi connectivity index (χ0n) is 26.5. The molecule has 4 aliphatic carbocycles. The fourth-order valence-corrected chi connectivity index (χ4v) is 7.81. The second-order valence-electron chi connectivity index (χ2n) is 13.1. The first-order valence-corrected chi connectivity index (χ1v) is 16.8. The van der Waals surface area contributed by atoms with E-state index in [1.807, 2.05) is 18.2 Å². The lowest BCUT2D eigenvalue weighted by molar-refractivity contribution is 0.643. The van der Waals surface area contributed by atoms with E-state index in [9.17, 15) is 0 Å². The molecule has 0 N–H and O–H groups in total. The molecule has 226 valence electrons. The van der Waals surface area contributed by atoms with E-state index < -0.39 is 0 Å². The minimum Gasteiger partial charge on any atom is -0.208 e. The monoisotopic (exact) mass is 605 g/mol. The van der Waals surface area contributed by atoms with Crippen LogP contribution in [-0.4, -0.2) is 15.0 Å². The van der Waals surface area contributed by atoms with Gasteiger partial charge in [0.2, 0.25) is 0 Å². The van der Waals surface area contributed by atoms with E-state index in [0.29, 0.717) is 23.5 Å². The lowest BCUT2D eigenvalue weighted by Gasteiger charge is -2.30. The molecule has 0 saturated heterocycles. The highest BCUT2D eigenvalue weighted by atomic mass is 15.0. The molecule has 0 radical (unpaired) electrons. The minimum atomic E-state index is 0.333. The van der Waals surface area contributed by atoms with Crippen molar-refractivity contribution in [1.29, 1.82) is 0 Å². The summed E-state index contributed by atoms with van der Waals surface area (Å²) in [4.78, 5) is 15.2. The van der Waals surface area contributed by atoms with Gasteiger partial charge in [0, 0.05) is 22.6 Å². The van der Waals surface area contributed by atoms with Crippen LogP contribution in [0.25, 0.3) is 50.6 Å². The van der Waals surface area contributed by atoms with Crippen LogP contribution in [0.3, 0.4) is 0 Å². The van der Waals surface area contributed by atoms with Crippen molar-refractivity contribution in [2.75, 3.05) is 0 Å². The Kier molecular flexibility index (Phi) is 6.78. The van der Waals surface area contributed by atoms with Crippen molar-refractivity contribution in [3.8, 4) is 33.9 Å². The van der Waals surface area contributed by atoms with Crippen molar-refractivity contribution in [2.45, 2.75) is 38.5 Å². The van der Waals surface area contributed by atoms with Crippen LogP contribution in [0.2, 0.25) is 0 Å². The van der Waals surface area contributed by atoms with Crippen LogP contribution in [0.4, 0.5) is 0 Å². The quantitative estimate of drug-likeness (QED) is 0.196. The molecule has 0 spiro atoms. The van der Waals surface area contributed by atoms with Gasteiger partial charge in [-0.05, 0) is 76.1 Å². The summed E-state index contributed by atoms with van der Waals surface area (Å²) in [5.74, 6) is 2.84. The average molecular weight is 606 g/mol. The van der Waals surface area contributed by atoms with Crippen molar-refractivity contribution in [1.82, 2.24) is 15.0 Å². The number of fused-ring (bicyclic) bond motifs is 3. The second kappa shape index (κ2) is 11.4. The summed E-state index contributed by atoms with van der Waals surface area (Å²) in [5, 5.41) is 0. The zero-order valence-corrected chi connectivity index (χ0v) is 26.5. The first kappa shape index (κ1) is 27.9.